The van der Waals surface area contributed by atoms with Crippen LogP contribution in [0.25, 0.3) is 11.4 Å². The fraction of sp³-hybridized carbons (Fsp3) is 0.333. The van der Waals surface area contributed by atoms with Crippen molar-refractivity contribution in [1.29, 1.82) is 0 Å². The van der Waals surface area contributed by atoms with Crippen molar-refractivity contribution in [1.82, 2.24) is 14.9 Å². The summed E-state index contributed by atoms with van der Waals surface area (Å²) in [6, 6.07) is 15.8. The summed E-state index contributed by atoms with van der Waals surface area (Å²) in [6.45, 7) is 7.30. The van der Waals surface area contributed by atoms with Crippen molar-refractivity contribution in [2.24, 2.45) is 0 Å². The summed E-state index contributed by atoms with van der Waals surface area (Å²) >= 11 is 0. The zero-order valence-corrected chi connectivity index (χ0v) is 17.5. The minimum Gasteiger partial charge on any atom is -0.490 e. The number of nitrogens with zero attached hydrogens (tertiary/aromatic N) is 2. The van der Waals surface area contributed by atoms with Crippen molar-refractivity contribution >= 4 is 0 Å². The lowest BCUT2D eigenvalue weighted by Gasteiger charge is -2.28. The standard InChI is InChI=1S/C24H27N3O3/c1-3-29-21-11-10-17(14-22(21)30-4-2)15-27-13-12-20-19(16-27)24(28)26-23(25-20)18-8-6-5-7-9-18/h5-11,14H,3-4,12-13,15-16H2,1-2H3,(H,25,26,28). The normalized spacial score (nSPS) is 13.7. The molecule has 2 aromatic carbocycles. The number of aromatic nitrogens is 2. The Balaban J connectivity index is 1.52. The fourth-order valence-electron chi connectivity index (χ4n) is 3.80. The van der Waals surface area contributed by atoms with Gasteiger partial charge >= 0.3 is 0 Å². The van der Waals surface area contributed by atoms with Crippen LogP contribution in [0, 0.1) is 0 Å². The van der Waals surface area contributed by atoms with Crippen LogP contribution in [-0.2, 0) is 19.5 Å². The average molecular weight is 405 g/mol. The molecule has 0 radical (unpaired) electrons. The molecule has 1 aliphatic heterocycles. The van der Waals surface area contributed by atoms with E-state index >= 15 is 0 Å². The average Bonchev–Trinajstić information content (AvgIpc) is 2.77. The number of ether oxygens (including phenoxy) is 2. The van der Waals surface area contributed by atoms with Crippen LogP contribution in [0.3, 0.4) is 0 Å². The second-order valence-electron chi connectivity index (χ2n) is 7.31. The first-order valence-corrected chi connectivity index (χ1v) is 10.5. The maximum Gasteiger partial charge on any atom is 0.255 e. The van der Waals surface area contributed by atoms with Gasteiger partial charge in [-0.25, -0.2) is 4.98 Å². The molecular weight excluding hydrogens is 378 g/mol. The molecule has 30 heavy (non-hydrogen) atoms. The van der Waals surface area contributed by atoms with Gasteiger partial charge in [-0.2, -0.15) is 0 Å². The SMILES string of the molecule is CCOc1ccc(CN2CCc3nc(-c4ccccc4)[nH]c(=O)c3C2)cc1OCC. The molecule has 0 spiro atoms. The third kappa shape index (κ3) is 4.39. The lowest BCUT2D eigenvalue weighted by molar-refractivity contribution is 0.240. The smallest absolute Gasteiger partial charge is 0.255 e. The molecule has 6 heteroatoms. The molecule has 0 amide bonds. The van der Waals surface area contributed by atoms with Gasteiger partial charge in [-0.1, -0.05) is 36.4 Å². The second-order valence-corrected chi connectivity index (χ2v) is 7.31. The largest absolute Gasteiger partial charge is 0.490 e. The van der Waals surface area contributed by atoms with Gasteiger partial charge in [-0.3, -0.25) is 9.69 Å². The number of nitrogens with one attached hydrogen (secondary N) is 1. The van der Waals surface area contributed by atoms with Crippen LogP contribution < -0.4 is 15.0 Å². The minimum atomic E-state index is -0.0507. The van der Waals surface area contributed by atoms with Gasteiger partial charge in [0, 0.05) is 31.6 Å². The van der Waals surface area contributed by atoms with Gasteiger partial charge in [0.1, 0.15) is 5.82 Å². The molecule has 3 aromatic rings. The Bertz CT molecular complexity index is 1060. The van der Waals surface area contributed by atoms with E-state index in [0.717, 1.165) is 53.4 Å². The van der Waals surface area contributed by atoms with Gasteiger partial charge in [0.15, 0.2) is 11.5 Å². The summed E-state index contributed by atoms with van der Waals surface area (Å²) in [5, 5.41) is 0. The highest BCUT2D eigenvalue weighted by Crippen LogP contribution is 2.29. The lowest BCUT2D eigenvalue weighted by Crippen LogP contribution is -2.35. The van der Waals surface area contributed by atoms with E-state index in [1.807, 2.05) is 56.3 Å². The van der Waals surface area contributed by atoms with Crippen molar-refractivity contribution in [2.45, 2.75) is 33.4 Å². The first kappa shape index (κ1) is 20.2. The van der Waals surface area contributed by atoms with Crippen LogP contribution in [0.2, 0.25) is 0 Å². The van der Waals surface area contributed by atoms with E-state index in [4.69, 9.17) is 14.5 Å². The van der Waals surface area contributed by atoms with Crippen molar-refractivity contribution in [2.75, 3.05) is 19.8 Å². The van der Waals surface area contributed by atoms with E-state index in [0.29, 0.717) is 25.6 Å². The number of benzene rings is 2. The Morgan fingerprint density at radius 1 is 1.03 bits per heavy atom. The number of rotatable bonds is 7. The maximum atomic E-state index is 12.8. The van der Waals surface area contributed by atoms with Crippen molar-refractivity contribution < 1.29 is 9.47 Å². The Labute approximate surface area is 176 Å². The van der Waals surface area contributed by atoms with E-state index in [1.165, 1.54) is 0 Å². The summed E-state index contributed by atoms with van der Waals surface area (Å²) in [4.78, 5) is 22.7. The molecule has 2 heterocycles. The van der Waals surface area contributed by atoms with Crippen LogP contribution in [0.5, 0.6) is 11.5 Å². The molecule has 0 bridgehead atoms. The van der Waals surface area contributed by atoms with E-state index in [-0.39, 0.29) is 5.56 Å². The Morgan fingerprint density at radius 3 is 2.57 bits per heavy atom. The highest BCUT2D eigenvalue weighted by atomic mass is 16.5. The number of hydrogen-bond acceptors (Lipinski definition) is 5. The monoisotopic (exact) mass is 405 g/mol. The van der Waals surface area contributed by atoms with Crippen LogP contribution in [-0.4, -0.2) is 34.6 Å². The summed E-state index contributed by atoms with van der Waals surface area (Å²) in [7, 11) is 0. The third-order valence-corrected chi connectivity index (χ3v) is 5.21. The zero-order chi connectivity index (χ0) is 20.9. The van der Waals surface area contributed by atoms with Gasteiger partial charge < -0.3 is 14.5 Å². The maximum absolute atomic E-state index is 12.8. The summed E-state index contributed by atoms with van der Waals surface area (Å²) in [5.74, 6) is 2.17. The van der Waals surface area contributed by atoms with E-state index in [2.05, 4.69) is 16.0 Å². The Morgan fingerprint density at radius 2 is 1.80 bits per heavy atom. The van der Waals surface area contributed by atoms with Crippen LogP contribution in [0.4, 0.5) is 0 Å². The Kier molecular flexibility index (Phi) is 6.14. The summed E-state index contributed by atoms with van der Waals surface area (Å²) in [6.07, 6.45) is 0.758. The number of hydrogen-bond donors (Lipinski definition) is 1. The molecule has 0 atom stereocenters. The zero-order valence-electron chi connectivity index (χ0n) is 17.5. The van der Waals surface area contributed by atoms with Crippen molar-refractivity contribution in [3.63, 3.8) is 0 Å². The quantitative estimate of drug-likeness (QED) is 0.648. The van der Waals surface area contributed by atoms with Gasteiger partial charge in [0.25, 0.3) is 5.56 Å². The minimum absolute atomic E-state index is 0.0507. The summed E-state index contributed by atoms with van der Waals surface area (Å²) in [5.41, 5.74) is 3.67. The molecule has 156 valence electrons. The highest BCUT2D eigenvalue weighted by molar-refractivity contribution is 5.54. The number of aromatic amines is 1. The first-order valence-electron chi connectivity index (χ1n) is 10.5. The number of fused-ring (bicyclic) bond motifs is 1. The van der Waals surface area contributed by atoms with Gasteiger partial charge in [0.2, 0.25) is 0 Å². The predicted molar refractivity (Wildman–Crippen MR) is 117 cm³/mol. The topological polar surface area (TPSA) is 67.5 Å². The fourth-order valence-corrected chi connectivity index (χ4v) is 3.80. The first-order chi connectivity index (χ1) is 14.7. The lowest BCUT2D eigenvalue weighted by atomic mass is 10.1. The highest BCUT2D eigenvalue weighted by Gasteiger charge is 2.22. The van der Waals surface area contributed by atoms with Crippen molar-refractivity contribution in [3.05, 3.63) is 75.7 Å². The molecule has 0 saturated carbocycles. The molecule has 1 aliphatic rings. The number of H-pyrrole nitrogens is 1. The molecule has 1 N–H and O–H groups in total. The third-order valence-electron chi connectivity index (χ3n) is 5.21. The van der Waals surface area contributed by atoms with Crippen LogP contribution in [0.15, 0.2) is 53.3 Å². The molecule has 4 rings (SSSR count). The van der Waals surface area contributed by atoms with Crippen LogP contribution in [0.1, 0.15) is 30.7 Å². The Hall–Kier alpha value is -3.12. The van der Waals surface area contributed by atoms with Gasteiger partial charge in [-0.05, 0) is 31.5 Å². The van der Waals surface area contributed by atoms with E-state index in [1.54, 1.807) is 0 Å². The predicted octanol–water partition coefficient (Wildman–Crippen LogP) is 3.79. The molecule has 0 fully saturated rings. The molecule has 0 saturated heterocycles. The van der Waals surface area contributed by atoms with Gasteiger partial charge in [0.05, 0.1) is 24.5 Å². The molecule has 1 aromatic heterocycles. The molecular formula is C24H27N3O3. The molecule has 0 unspecified atom stereocenters. The van der Waals surface area contributed by atoms with E-state index < -0.39 is 0 Å². The molecule has 0 aliphatic carbocycles. The van der Waals surface area contributed by atoms with E-state index in [9.17, 15) is 4.79 Å². The second kappa shape index (κ2) is 9.13. The van der Waals surface area contributed by atoms with Crippen LogP contribution >= 0.6 is 0 Å². The van der Waals surface area contributed by atoms with Crippen molar-refractivity contribution in [3.8, 4) is 22.9 Å². The van der Waals surface area contributed by atoms with Gasteiger partial charge in [-0.15, -0.1) is 0 Å². The summed E-state index contributed by atoms with van der Waals surface area (Å²) < 4.78 is 11.4. The molecule has 6 nitrogen and oxygen atoms in total.